The van der Waals surface area contributed by atoms with E-state index >= 15 is 0 Å². The molecule has 0 saturated carbocycles. The van der Waals surface area contributed by atoms with Crippen molar-refractivity contribution in [3.8, 4) is 0 Å². The van der Waals surface area contributed by atoms with Crippen LogP contribution in [0.4, 0.5) is 4.79 Å². The van der Waals surface area contributed by atoms with Crippen LogP contribution >= 0.6 is 0 Å². The molecule has 26 heavy (non-hydrogen) atoms. The van der Waals surface area contributed by atoms with Gasteiger partial charge in [0.1, 0.15) is 12.7 Å². The fourth-order valence-corrected chi connectivity index (χ4v) is 2.00. The van der Waals surface area contributed by atoms with E-state index in [1.54, 1.807) is 0 Å². The number of aliphatic carboxylic acids is 1. The molecule has 0 aromatic carbocycles. The van der Waals surface area contributed by atoms with Crippen LogP contribution in [-0.2, 0) is 29.2 Å². The minimum absolute atomic E-state index is 0. The molecule has 0 fully saturated rings. The third kappa shape index (κ3) is 10.3. The number of hydrogen-bond donors (Lipinski definition) is 3. The Morgan fingerprint density at radius 3 is 2.38 bits per heavy atom. The summed E-state index contributed by atoms with van der Waals surface area (Å²) in [6, 6.07) is -1.63. The van der Waals surface area contributed by atoms with E-state index in [0.29, 0.717) is 5.57 Å². The van der Waals surface area contributed by atoms with Crippen LogP contribution in [0, 0.1) is 0 Å². The first-order valence-corrected chi connectivity index (χ1v) is 8.85. The topological polar surface area (TPSA) is 156 Å². The van der Waals surface area contributed by atoms with E-state index in [9.17, 15) is 22.8 Å². The van der Waals surface area contributed by atoms with Crippen LogP contribution in [0.2, 0.25) is 0 Å². The summed E-state index contributed by atoms with van der Waals surface area (Å²) in [5.41, 5.74) is 0.520. The molecular formula is C15H23NO9S. The zero-order valence-electron chi connectivity index (χ0n) is 14.1. The van der Waals surface area contributed by atoms with E-state index < -0.39 is 52.5 Å². The Morgan fingerprint density at radius 1 is 1.31 bits per heavy atom. The van der Waals surface area contributed by atoms with E-state index in [1.165, 1.54) is 25.2 Å². The Labute approximate surface area is 152 Å². The van der Waals surface area contributed by atoms with Gasteiger partial charge in [-0.3, -0.25) is 9.35 Å². The van der Waals surface area contributed by atoms with Gasteiger partial charge in [-0.2, -0.15) is 8.42 Å². The predicted molar refractivity (Wildman–Crippen MR) is 93.1 cm³/mol. The number of amides is 1. The Hall–Kier alpha value is -2.66. The summed E-state index contributed by atoms with van der Waals surface area (Å²) in [7, 11) is -4.36. The Balaban J connectivity index is 0. The molecule has 0 spiro atoms. The number of rotatable bonds is 11. The second-order valence-corrected chi connectivity index (χ2v) is 6.52. The maximum Gasteiger partial charge on any atom is 0.408 e. The van der Waals surface area contributed by atoms with Gasteiger partial charge >= 0.3 is 18.0 Å². The zero-order valence-corrected chi connectivity index (χ0v) is 14.9. The number of alkyl carbamates (subject to hydrolysis) is 1. The lowest BCUT2D eigenvalue weighted by Gasteiger charge is -2.21. The molecule has 2 atom stereocenters. The molecule has 2 unspecified atom stereocenters. The van der Waals surface area contributed by atoms with Crippen LogP contribution in [-0.4, -0.2) is 60.6 Å². The van der Waals surface area contributed by atoms with Gasteiger partial charge in [-0.15, -0.1) is 0 Å². The van der Waals surface area contributed by atoms with Crippen molar-refractivity contribution in [2.24, 2.45) is 0 Å². The average molecular weight is 393 g/mol. The van der Waals surface area contributed by atoms with Gasteiger partial charge in [0.05, 0.1) is 12.2 Å². The number of carboxylic acids is 1. The van der Waals surface area contributed by atoms with E-state index in [1.807, 2.05) is 5.32 Å². The average Bonchev–Trinajstić information content (AvgIpc) is 2.53. The minimum Gasteiger partial charge on any atom is -0.480 e. The fourth-order valence-electron chi connectivity index (χ4n) is 1.57. The molecule has 0 bridgehead atoms. The normalized spacial score (nSPS) is 13.8. The first kappa shape index (κ1) is 23.3. The summed E-state index contributed by atoms with van der Waals surface area (Å²) in [4.78, 5) is 34.4. The van der Waals surface area contributed by atoms with E-state index in [-0.39, 0.29) is 8.03 Å². The van der Waals surface area contributed by atoms with Gasteiger partial charge in [-0.05, 0) is 12.5 Å². The zero-order chi connectivity index (χ0) is 20.3. The number of carbonyl (C=O) groups is 3. The van der Waals surface area contributed by atoms with Gasteiger partial charge < -0.3 is 19.9 Å². The molecule has 0 saturated heterocycles. The van der Waals surface area contributed by atoms with E-state index in [2.05, 4.69) is 13.2 Å². The monoisotopic (exact) mass is 393 g/mol. The molecule has 11 heteroatoms. The van der Waals surface area contributed by atoms with Gasteiger partial charge in [0.2, 0.25) is 0 Å². The van der Waals surface area contributed by atoms with Crippen molar-refractivity contribution in [1.82, 2.24) is 5.32 Å². The van der Waals surface area contributed by atoms with Gasteiger partial charge in [-0.1, -0.05) is 31.4 Å². The van der Waals surface area contributed by atoms with Gasteiger partial charge in [0.25, 0.3) is 10.1 Å². The van der Waals surface area contributed by atoms with Crippen LogP contribution in [0.15, 0.2) is 37.0 Å². The van der Waals surface area contributed by atoms with E-state index in [0.717, 1.165) is 0 Å². The summed E-state index contributed by atoms with van der Waals surface area (Å²) in [5.74, 6) is -3.42. The van der Waals surface area contributed by atoms with Crippen molar-refractivity contribution >= 4 is 28.1 Å². The first-order valence-electron chi connectivity index (χ1n) is 7.25. The highest BCUT2D eigenvalue weighted by Crippen LogP contribution is 2.04. The van der Waals surface area contributed by atoms with Gasteiger partial charge in [-0.25, -0.2) is 9.59 Å². The van der Waals surface area contributed by atoms with Crippen LogP contribution in [0.1, 0.15) is 14.8 Å². The smallest absolute Gasteiger partial charge is 0.408 e. The number of esters is 1. The SMILES string of the molecule is C=C/C=C(\C=C)COC(=O)NC(C(=O)O)C(C)OC(=O)CCS(=O)(=O)O.[HH]. The maximum absolute atomic E-state index is 11.7. The molecule has 0 aromatic heterocycles. The third-order valence-corrected chi connectivity index (χ3v) is 3.57. The van der Waals surface area contributed by atoms with Crippen molar-refractivity contribution in [2.75, 3.05) is 12.4 Å². The van der Waals surface area contributed by atoms with E-state index in [4.69, 9.17) is 19.1 Å². The Bertz CT molecular complexity index is 687. The molecular weight excluding hydrogens is 370 g/mol. The van der Waals surface area contributed by atoms with Crippen molar-refractivity contribution in [1.29, 1.82) is 0 Å². The molecule has 1 amide bonds. The lowest BCUT2D eigenvalue weighted by atomic mass is 10.2. The van der Waals surface area contributed by atoms with Crippen molar-refractivity contribution in [3.05, 3.63) is 37.0 Å². The summed E-state index contributed by atoms with van der Waals surface area (Å²) in [6.07, 6.45) is 1.34. The lowest BCUT2D eigenvalue weighted by molar-refractivity contribution is -0.154. The first-order chi connectivity index (χ1) is 12.0. The highest BCUT2D eigenvalue weighted by atomic mass is 32.2. The number of carboxylic acid groups (broad SMARTS) is 1. The van der Waals surface area contributed by atoms with Crippen LogP contribution in [0.5, 0.6) is 0 Å². The quantitative estimate of drug-likeness (QED) is 0.264. The minimum atomic E-state index is -4.36. The largest absolute Gasteiger partial charge is 0.480 e. The molecule has 0 aliphatic carbocycles. The molecule has 10 nitrogen and oxygen atoms in total. The number of carbonyl (C=O) groups excluding carboxylic acids is 2. The van der Waals surface area contributed by atoms with Gasteiger partial charge in [0.15, 0.2) is 6.04 Å². The van der Waals surface area contributed by atoms with Crippen LogP contribution in [0.3, 0.4) is 0 Å². The van der Waals surface area contributed by atoms with Gasteiger partial charge in [0, 0.05) is 1.43 Å². The fraction of sp³-hybridized carbons (Fsp3) is 0.400. The molecule has 0 aliphatic heterocycles. The number of nitrogens with one attached hydrogen (secondary N) is 1. The molecule has 0 aromatic rings. The second kappa shape index (κ2) is 11.1. The highest BCUT2D eigenvalue weighted by molar-refractivity contribution is 7.85. The maximum atomic E-state index is 11.7. The van der Waals surface area contributed by atoms with Crippen LogP contribution in [0.25, 0.3) is 0 Å². The number of hydrogen-bond acceptors (Lipinski definition) is 7. The molecule has 0 rings (SSSR count). The summed E-state index contributed by atoms with van der Waals surface area (Å²) in [6.45, 7) is 7.98. The third-order valence-electron chi connectivity index (χ3n) is 2.85. The number of ether oxygens (including phenoxy) is 2. The highest BCUT2D eigenvalue weighted by Gasteiger charge is 2.30. The summed E-state index contributed by atoms with van der Waals surface area (Å²) in [5, 5.41) is 11.2. The molecule has 148 valence electrons. The van der Waals surface area contributed by atoms with Crippen molar-refractivity contribution < 1.29 is 43.4 Å². The predicted octanol–water partition coefficient (Wildman–Crippen LogP) is 0.920. The van der Waals surface area contributed by atoms with Crippen molar-refractivity contribution in [2.45, 2.75) is 25.5 Å². The Kier molecular flexibility index (Phi) is 9.92. The Morgan fingerprint density at radius 2 is 1.92 bits per heavy atom. The molecule has 0 radical (unpaired) electrons. The number of allylic oxidation sites excluding steroid dienone is 2. The second-order valence-electron chi connectivity index (χ2n) is 4.95. The molecule has 0 aliphatic rings. The standard InChI is InChI=1S/C15H21NO9S.H2/c1-4-6-11(5-2)9-24-15(20)16-13(14(18)19)10(3)25-12(17)7-8-26(21,22)23;/h4-6,10,13H,1-2,7-9H2,3H3,(H,16,20)(H,18,19)(H,21,22,23);1H/b11-6+;. The summed E-state index contributed by atoms with van der Waals surface area (Å²) >= 11 is 0. The lowest BCUT2D eigenvalue weighted by Crippen LogP contribution is -2.49. The molecule has 3 N–H and O–H groups in total. The molecule has 0 heterocycles. The summed E-state index contributed by atoms with van der Waals surface area (Å²) < 4.78 is 39.3. The van der Waals surface area contributed by atoms with Crippen LogP contribution < -0.4 is 5.32 Å². The van der Waals surface area contributed by atoms with Crippen molar-refractivity contribution in [3.63, 3.8) is 0 Å².